The normalized spacial score (nSPS) is 20.5. The van der Waals surface area contributed by atoms with Gasteiger partial charge in [0.2, 0.25) is 0 Å². The van der Waals surface area contributed by atoms with Gasteiger partial charge in [0.1, 0.15) is 0 Å². The van der Waals surface area contributed by atoms with Crippen molar-refractivity contribution in [2.75, 3.05) is 44.8 Å². The maximum Gasteiger partial charge on any atom is 0.417 e. The zero-order valence-corrected chi connectivity index (χ0v) is 17.7. The third-order valence-corrected chi connectivity index (χ3v) is 6.75. The number of anilines is 1. The van der Waals surface area contributed by atoms with E-state index < -0.39 is 11.7 Å². The van der Waals surface area contributed by atoms with Gasteiger partial charge in [0.15, 0.2) is 5.76 Å². The van der Waals surface area contributed by atoms with Crippen LogP contribution >= 0.6 is 0 Å². The zero-order chi connectivity index (χ0) is 22.9. The van der Waals surface area contributed by atoms with Gasteiger partial charge in [-0.2, -0.15) is 18.4 Å². The van der Waals surface area contributed by atoms with Crippen molar-refractivity contribution >= 4 is 11.6 Å². The van der Waals surface area contributed by atoms with E-state index in [1.165, 1.54) is 12.3 Å². The van der Waals surface area contributed by atoms with Crippen molar-refractivity contribution in [3.05, 3.63) is 53.5 Å². The number of hydrogen-bond acceptors (Lipinski definition) is 5. The molecule has 1 spiro atoms. The molecule has 32 heavy (non-hydrogen) atoms. The fourth-order valence-corrected chi connectivity index (χ4v) is 5.00. The summed E-state index contributed by atoms with van der Waals surface area (Å²) in [5, 5.41) is 9.07. The molecule has 1 aromatic heterocycles. The molecular weight excluding hydrogens is 423 g/mol. The van der Waals surface area contributed by atoms with Crippen LogP contribution in [-0.2, 0) is 10.9 Å². The number of rotatable bonds is 4. The van der Waals surface area contributed by atoms with Gasteiger partial charge in [-0.15, -0.1) is 0 Å². The second-order valence-corrected chi connectivity index (χ2v) is 8.50. The summed E-state index contributed by atoms with van der Waals surface area (Å²) in [4.78, 5) is 16.3. The summed E-state index contributed by atoms with van der Waals surface area (Å²) < 4.78 is 51.0. The second kappa shape index (κ2) is 8.51. The van der Waals surface area contributed by atoms with Crippen LogP contribution in [0.1, 0.15) is 34.5 Å². The first kappa shape index (κ1) is 22.2. The molecule has 0 bridgehead atoms. The fourth-order valence-electron chi connectivity index (χ4n) is 5.00. The van der Waals surface area contributed by atoms with Crippen molar-refractivity contribution in [1.82, 2.24) is 4.90 Å². The Morgan fingerprint density at radius 2 is 2.06 bits per heavy atom. The molecule has 6 nitrogen and oxygen atoms in total. The van der Waals surface area contributed by atoms with Crippen LogP contribution in [0.5, 0.6) is 0 Å². The number of alkyl halides is 3. The van der Waals surface area contributed by atoms with Crippen LogP contribution in [0.15, 0.2) is 41.0 Å². The van der Waals surface area contributed by atoms with Gasteiger partial charge in [0, 0.05) is 44.9 Å². The van der Waals surface area contributed by atoms with Crippen LogP contribution in [0.4, 0.5) is 18.9 Å². The summed E-state index contributed by atoms with van der Waals surface area (Å²) in [6.45, 7) is 2.73. The summed E-state index contributed by atoms with van der Waals surface area (Å²) in [5.74, 6) is 0.281. The molecular formula is C23H24F3N3O3. The molecule has 2 aliphatic heterocycles. The Morgan fingerprint density at radius 3 is 2.66 bits per heavy atom. The number of amides is 1. The Balaban J connectivity index is 1.54. The van der Waals surface area contributed by atoms with Crippen LogP contribution in [0.3, 0.4) is 0 Å². The van der Waals surface area contributed by atoms with Crippen LogP contribution in [0.25, 0.3) is 0 Å². The van der Waals surface area contributed by atoms with Crippen molar-refractivity contribution in [1.29, 1.82) is 5.26 Å². The summed E-state index contributed by atoms with van der Waals surface area (Å²) >= 11 is 0. The molecule has 0 radical (unpaired) electrons. The smallest absolute Gasteiger partial charge is 0.417 e. The van der Waals surface area contributed by atoms with Crippen LogP contribution in [-0.4, -0.2) is 50.7 Å². The third kappa shape index (κ3) is 4.07. The minimum Gasteiger partial charge on any atom is -0.459 e. The number of likely N-dealkylation sites (tertiary alicyclic amines) is 1. The lowest BCUT2D eigenvalue weighted by Crippen LogP contribution is -2.47. The Morgan fingerprint density at radius 1 is 1.31 bits per heavy atom. The molecule has 1 aromatic carbocycles. The van der Waals surface area contributed by atoms with Gasteiger partial charge in [-0.1, -0.05) is 0 Å². The SMILES string of the molecule is COCC1CN(c2ccc(C#N)c(C(F)(F)F)c2)CC12CCN(C(=O)c1ccco1)CC2. The van der Waals surface area contributed by atoms with Gasteiger partial charge in [-0.3, -0.25) is 4.79 Å². The van der Waals surface area contributed by atoms with E-state index in [1.807, 2.05) is 4.90 Å². The lowest BCUT2D eigenvalue weighted by Gasteiger charge is -2.42. The Kier molecular flexibility index (Phi) is 5.91. The minimum absolute atomic E-state index is 0.123. The molecule has 1 unspecified atom stereocenters. The first-order valence-electron chi connectivity index (χ1n) is 10.5. The van der Waals surface area contributed by atoms with Crippen LogP contribution < -0.4 is 4.90 Å². The van der Waals surface area contributed by atoms with Gasteiger partial charge in [-0.25, -0.2) is 0 Å². The third-order valence-electron chi connectivity index (χ3n) is 6.75. The number of furan rings is 1. The monoisotopic (exact) mass is 447 g/mol. The summed E-state index contributed by atoms with van der Waals surface area (Å²) in [7, 11) is 1.62. The van der Waals surface area contributed by atoms with E-state index in [2.05, 4.69) is 0 Å². The van der Waals surface area contributed by atoms with Gasteiger partial charge in [0.05, 0.1) is 30.1 Å². The van der Waals surface area contributed by atoms with Crippen molar-refractivity contribution in [3.8, 4) is 6.07 Å². The summed E-state index contributed by atoms with van der Waals surface area (Å²) in [5.41, 5.74) is -1.01. The fraction of sp³-hybridized carbons (Fsp3) is 0.478. The molecule has 2 aromatic rings. The van der Waals surface area contributed by atoms with Gasteiger partial charge in [0.25, 0.3) is 5.91 Å². The second-order valence-electron chi connectivity index (χ2n) is 8.50. The standard InChI is InChI=1S/C23H24F3N3O3/c1-31-14-17-13-29(18-5-4-16(12-27)19(11-18)23(24,25)26)15-22(17)6-8-28(9-7-22)21(30)20-3-2-10-32-20/h2-5,10-11,17H,6-9,13-15H2,1H3. The lowest BCUT2D eigenvalue weighted by atomic mass is 9.71. The van der Waals surface area contributed by atoms with E-state index in [4.69, 9.17) is 14.4 Å². The number of nitriles is 1. The topological polar surface area (TPSA) is 69.7 Å². The summed E-state index contributed by atoms with van der Waals surface area (Å²) in [6, 6.07) is 8.82. The predicted molar refractivity (Wildman–Crippen MR) is 110 cm³/mol. The average Bonchev–Trinajstić information content (AvgIpc) is 3.42. The first-order valence-corrected chi connectivity index (χ1v) is 10.5. The number of methoxy groups -OCH3 is 1. The minimum atomic E-state index is -4.60. The van der Waals surface area contributed by atoms with E-state index >= 15 is 0 Å². The number of carbonyl (C=O) groups excluding carboxylic acids is 1. The molecule has 2 saturated heterocycles. The Labute approximate surface area is 184 Å². The molecule has 9 heteroatoms. The summed E-state index contributed by atoms with van der Waals surface area (Å²) in [6.07, 6.45) is -1.67. The van der Waals surface area contributed by atoms with Crippen molar-refractivity contribution < 1.29 is 27.1 Å². The van der Waals surface area contributed by atoms with Crippen molar-refractivity contribution in [2.45, 2.75) is 19.0 Å². The molecule has 4 rings (SSSR count). The number of piperidine rings is 1. The molecule has 170 valence electrons. The highest BCUT2D eigenvalue weighted by Gasteiger charge is 2.49. The quantitative estimate of drug-likeness (QED) is 0.704. The van der Waals surface area contributed by atoms with E-state index in [-0.39, 0.29) is 22.8 Å². The highest BCUT2D eigenvalue weighted by atomic mass is 19.4. The maximum atomic E-state index is 13.4. The Bertz CT molecular complexity index is 1010. The molecule has 2 aliphatic rings. The highest BCUT2D eigenvalue weighted by Crippen LogP contribution is 2.47. The average molecular weight is 447 g/mol. The van der Waals surface area contributed by atoms with E-state index in [9.17, 15) is 18.0 Å². The zero-order valence-electron chi connectivity index (χ0n) is 17.7. The van der Waals surface area contributed by atoms with Crippen molar-refractivity contribution in [2.24, 2.45) is 11.3 Å². The largest absolute Gasteiger partial charge is 0.459 e. The number of benzene rings is 1. The molecule has 2 fully saturated rings. The Hall–Kier alpha value is -2.99. The van der Waals surface area contributed by atoms with Crippen LogP contribution in [0.2, 0.25) is 0 Å². The molecule has 1 atom stereocenters. The highest BCUT2D eigenvalue weighted by molar-refractivity contribution is 5.91. The molecule has 0 saturated carbocycles. The number of halogens is 3. The van der Waals surface area contributed by atoms with Crippen LogP contribution in [0, 0.1) is 22.7 Å². The number of ether oxygens (including phenoxy) is 1. The van der Waals surface area contributed by atoms with Gasteiger partial charge < -0.3 is 19.0 Å². The molecule has 0 N–H and O–H groups in total. The molecule has 3 heterocycles. The first-order chi connectivity index (χ1) is 15.3. The van der Waals surface area contributed by atoms with Gasteiger partial charge >= 0.3 is 6.18 Å². The lowest BCUT2D eigenvalue weighted by molar-refractivity contribution is -0.137. The van der Waals surface area contributed by atoms with Crippen molar-refractivity contribution in [3.63, 3.8) is 0 Å². The van der Waals surface area contributed by atoms with E-state index in [0.29, 0.717) is 44.2 Å². The predicted octanol–water partition coefficient (Wildman–Crippen LogP) is 4.18. The molecule has 0 aliphatic carbocycles. The number of hydrogen-bond donors (Lipinski definition) is 0. The van der Waals surface area contributed by atoms with Gasteiger partial charge in [-0.05, 0) is 48.6 Å². The number of carbonyl (C=O) groups is 1. The maximum absolute atomic E-state index is 13.4. The number of nitrogens with zero attached hydrogens (tertiary/aromatic N) is 3. The molecule has 1 amide bonds. The van der Waals surface area contributed by atoms with E-state index in [0.717, 1.165) is 18.9 Å². The van der Waals surface area contributed by atoms with E-state index in [1.54, 1.807) is 36.3 Å².